The summed E-state index contributed by atoms with van der Waals surface area (Å²) in [7, 11) is 0. The maximum absolute atomic E-state index is 10.7. The number of carboxylic acids is 1. The lowest BCUT2D eigenvalue weighted by Crippen LogP contribution is -2.15. The van der Waals surface area contributed by atoms with Crippen LogP contribution < -0.4 is 5.73 Å². The molecule has 1 atom stereocenters. The van der Waals surface area contributed by atoms with Crippen LogP contribution in [0.2, 0.25) is 0 Å². The van der Waals surface area contributed by atoms with Crippen LogP contribution in [0.1, 0.15) is 18.0 Å². The molecule has 0 radical (unpaired) electrons. The van der Waals surface area contributed by atoms with Gasteiger partial charge in [0.05, 0.1) is 6.42 Å². The monoisotopic (exact) mass is 231 g/mol. The molecule has 1 unspecified atom stereocenters. The number of nitrogens with two attached hydrogens (primary N) is 1. The highest BCUT2D eigenvalue weighted by Crippen LogP contribution is 2.32. The minimum Gasteiger partial charge on any atom is -0.508 e. The van der Waals surface area contributed by atoms with Crippen LogP contribution in [0.4, 0.5) is 0 Å². The van der Waals surface area contributed by atoms with E-state index in [0.717, 1.165) is 10.8 Å². The molecule has 17 heavy (non-hydrogen) atoms. The molecule has 2 rings (SSSR count). The largest absolute Gasteiger partial charge is 0.508 e. The number of benzene rings is 2. The number of aliphatic carboxylic acids is 1. The summed E-state index contributed by atoms with van der Waals surface area (Å²) in [5.74, 6) is -0.942. The number of phenols is 1. The number of aromatic hydroxyl groups is 1. The second-order valence-electron chi connectivity index (χ2n) is 3.92. The van der Waals surface area contributed by atoms with Crippen molar-refractivity contribution in [1.29, 1.82) is 0 Å². The van der Waals surface area contributed by atoms with Crippen LogP contribution in [-0.4, -0.2) is 16.2 Å². The second kappa shape index (κ2) is 4.43. The van der Waals surface area contributed by atoms with Crippen molar-refractivity contribution in [2.24, 2.45) is 5.73 Å². The molecule has 0 heterocycles. The van der Waals surface area contributed by atoms with Gasteiger partial charge in [0.1, 0.15) is 5.75 Å². The first-order valence-corrected chi connectivity index (χ1v) is 5.27. The maximum atomic E-state index is 10.7. The first-order valence-electron chi connectivity index (χ1n) is 5.27. The highest BCUT2D eigenvalue weighted by atomic mass is 16.4. The van der Waals surface area contributed by atoms with Crippen molar-refractivity contribution >= 4 is 16.7 Å². The SMILES string of the molecule is NC(CC(=O)O)c1c(O)ccc2ccccc12. The Hall–Kier alpha value is -2.07. The van der Waals surface area contributed by atoms with E-state index in [1.807, 2.05) is 24.3 Å². The third-order valence-electron chi connectivity index (χ3n) is 2.71. The van der Waals surface area contributed by atoms with E-state index in [-0.39, 0.29) is 12.2 Å². The van der Waals surface area contributed by atoms with Crippen molar-refractivity contribution in [3.05, 3.63) is 42.0 Å². The van der Waals surface area contributed by atoms with Crippen LogP contribution in [0.3, 0.4) is 0 Å². The summed E-state index contributed by atoms with van der Waals surface area (Å²) in [6.07, 6.45) is -0.207. The minimum atomic E-state index is -0.982. The third-order valence-corrected chi connectivity index (χ3v) is 2.71. The fourth-order valence-corrected chi connectivity index (χ4v) is 1.96. The Kier molecular flexibility index (Phi) is 2.97. The molecule has 4 nitrogen and oxygen atoms in total. The van der Waals surface area contributed by atoms with Crippen LogP contribution >= 0.6 is 0 Å². The molecule has 4 heteroatoms. The van der Waals surface area contributed by atoms with E-state index in [0.29, 0.717) is 5.56 Å². The highest BCUT2D eigenvalue weighted by Gasteiger charge is 2.17. The summed E-state index contributed by atoms with van der Waals surface area (Å²) in [6, 6.07) is 10.0. The van der Waals surface area contributed by atoms with Gasteiger partial charge in [-0.05, 0) is 16.8 Å². The summed E-state index contributed by atoms with van der Waals surface area (Å²) in [5.41, 5.74) is 6.31. The predicted molar refractivity (Wildman–Crippen MR) is 64.8 cm³/mol. The zero-order chi connectivity index (χ0) is 12.4. The summed E-state index contributed by atoms with van der Waals surface area (Å²) in [4.78, 5) is 10.7. The lowest BCUT2D eigenvalue weighted by molar-refractivity contribution is -0.137. The van der Waals surface area contributed by atoms with Gasteiger partial charge >= 0.3 is 5.97 Å². The average Bonchev–Trinajstić information content (AvgIpc) is 2.27. The molecular formula is C13H13NO3. The first-order chi connectivity index (χ1) is 8.09. The van der Waals surface area contributed by atoms with Gasteiger partial charge in [-0.1, -0.05) is 30.3 Å². The van der Waals surface area contributed by atoms with Crippen molar-refractivity contribution in [3.63, 3.8) is 0 Å². The highest BCUT2D eigenvalue weighted by molar-refractivity contribution is 5.88. The number of hydrogen-bond donors (Lipinski definition) is 3. The minimum absolute atomic E-state index is 0.0393. The van der Waals surface area contributed by atoms with E-state index in [1.165, 1.54) is 0 Å². The maximum Gasteiger partial charge on any atom is 0.305 e. The molecule has 0 aromatic heterocycles. The average molecular weight is 231 g/mol. The van der Waals surface area contributed by atoms with Crippen molar-refractivity contribution in [1.82, 2.24) is 0 Å². The van der Waals surface area contributed by atoms with Crippen LogP contribution in [-0.2, 0) is 4.79 Å². The van der Waals surface area contributed by atoms with E-state index < -0.39 is 12.0 Å². The molecule has 2 aromatic rings. The summed E-state index contributed by atoms with van der Waals surface area (Å²) >= 11 is 0. The molecule has 0 aliphatic carbocycles. The van der Waals surface area contributed by atoms with E-state index >= 15 is 0 Å². The van der Waals surface area contributed by atoms with Gasteiger partial charge in [0.15, 0.2) is 0 Å². The number of carbonyl (C=O) groups is 1. The summed E-state index contributed by atoms with van der Waals surface area (Å²) in [6.45, 7) is 0. The first kappa shape index (κ1) is 11.4. The second-order valence-corrected chi connectivity index (χ2v) is 3.92. The molecule has 88 valence electrons. The molecule has 0 fully saturated rings. The van der Waals surface area contributed by atoms with Gasteiger partial charge in [-0.2, -0.15) is 0 Å². The van der Waals surface area contributed by atoms with E-state index in [9.17, 15) is 9.90 Å². The Balaban J connectivity index is 2.58. The van der Waals surface area contributed by atoms with Gasteiger partial charge in [0.25, 0.3) is 0 Å². The lowest BCUT2D eigenvalue weighted by atomic mass is 9.96. The summed E-state index contributed by atoms with van der Waals surface area (Å²) in [5, 5.41) is 20.3. The standard InChI is InChI=1S/C13H13NO3/c14-10(7-12(16)17)13-9-4-2-1-3-8(9)5-6-11(13)15/h1-6,10,15H,7,14H2,(H,16,17). The smallest absolute Gasteiger partial charge is 0.305 e. The predicted octanol–water partition coefficient (Wildman–Crippen LogP) is 2.02. The number of fused-ring (bicyclic) bond motifs is 1. The van der Waals surface area contributed by atoms with Crippen LogP contribution in [0.15, 0.2) is 36.4 Å². The van der Waals surface area contributed by atoms with Crippen LogP contribution in [0, 0.1) is 0 Å². The normalized spacial score (nSPS) is 12.5. The van der Waals surface area contributed by atoms with Crippen LogP contribution in [0.25, 0.3) is 10.8 Å². The zero-order valence-electron chi connectivity index (χ0n) is 9.13. The number of phenolic OH excluding ortho intramolecular Hbond substituents is 1. The number of hydrogen-bond acceptors (Lipinski definition) is 3. The molecule has 0 saturated carbocycles. The Bertz CT molecular complexity index is 566. The van der Waals surface area contributed by atoms with E-state index in [1.54, 1.807) is 12.1 Å². The molecule has 0 bridgehead atoms. The number of rotatable bonds is 3. The molecule has 4 N–H and O–H groups in total. The number of carboxylic acid groups (broad SMARTS) is 1. The van der Waals surface area contributed by atoms with Crippen molar-refractivity contribution in [2.45, 2.75) is 12.5 Å². The van der Waals surface area contributed by atoms with E-state index in [2.05, 4.69) is 0 Å². The fraction of sp³-hybridized carbons (Fsp3) is 0.154. The lowest BCUT2D eigenvalue weighted by Gasteiger charge is -2.14. The van der Waals surface area contributed by atoms with Gasteiger partial charge in [-0.3, -0.25) is 4.79 Å². The molecular weight excluding hydrogens is 218 g/mol. The van der Waals surface area contributed by atoms with Crippen molar-refractivity contribution in [3.8, 4) is 5.75 Å². The Morgan fingerprint density at radius 3 is 2.65 bits per heavy atom. The van der Waals surface area contributed by atoms with Gasteiger partial charge in [0.2, 0.25) is 0 Å². The molecule has 0 spiro atoms. The quantitative estimate of drug-likeness (QED) is 0.754. The Morgan fingerprint density at radius 1 is 1.24 bits per heavy atom. The third kappa shape index (κ3) is 2.21. The van der Waals surface area contributed by atoms with Gasteiger partial charge < -0.3 is 15.9 Å². The van der Waals surface area contributed by atoms with Gasteiger partial charge in [-0.15, -0.1) is 0 Å². The Labute approximate surface area is 98.3 Å². The summed E-state index contributed by atoms with van der Waals surface area (Å²) < 4.78 is 0. The van der Waals surface area contributed by atoms with Crippen molar-refractivity contribution < 1.29 is 15.0 Å². The molecule has 0 amide bonds. The molecule has 2 aromatic carbocycles. The van der Waals surface area contributed by atoms with Gasteiger partial charge in [-0.25, -0.2) is 0 Å². The van der Waals surface area contributed by atoms with E-state index in [4.69, 9.17) is 10.8 Å². The Morgan fingerprint density at radius 2 is 1.94 bits per heavy atom. The zero-order valence-corrected chi connectivity index (χ0v) is 9.13. The fourth-order valence-electron chi connectivity index (χ4n) is 1.96. The topological polar surface area (TPSA) is 83.6 Å². The van der Waals surface area contributed by atoms with Crippen LogP contribution in [0.5, 0.6) is 5.75 Å². The van der Waals surface area contributed by atoms with Crippen molar-refractivity contribution in [2.75, 3.05) is 0 Å². The molecule has 0 aliphatic rings. The molecule has 0 saturated heterocycles. The molecule has 0 aliphatic heterocycles. The van der Waals surface area contributed by atoms with Gasteiger partial charge in [0, 0.05) is 11.6 Å².